The number of aliphatic imine (C=N–C) groups is 1. The number of aryl methyl sites for hydroxylation is 1. The van der Waals surface area contributed by atoms with E-state index in [0.717, 1.165) is 25.3 Å². The number of guanidine groups is 1. The lowest BCUT2D eigenvalue weighted by molar-refractivity contribution is 0.742. The van der Waals surface area contributed by atoms with Gasteiger partial charge in [-0.3, -0.25) is 4.99 Å². The van der Waals surface area contributed by atoms with Crippen LogP contribution >= 0.6 is 0 Å². The van der Waals surface area contributed by atoms with Gasteiger partial charge in [-0.2, -0.15) is 0 Å². The van der Waals surface area contributed by atoms with Gasteiger partial charge in [0.2, 0.25) is 0 Å². The summed E-state index contributed by atoms with van der Waals surface area (Å²) in [6.45, 7) is 0.950. The van der Waals surface area contributed by atoms with E-state index >= 15 is 0 Å². The molecule has 0 radical (unpaired) electrons. The summed E-state index contributed by atoms with van der Waals surface area (Å²) in [6.07, 6.45) is 6.86. The van der Waals surface area contributed by atoms with Crippen LogP contribution in [0.2, 0.25) is 0 Å². The van der Waals surface area contributed by atoms with Gasteiger partial charge in [0.25, 0.3) is 0 Å². The Morgan fingerprint density at radius 2 is 2.20 bits per heavy atom. The molecular weight excluding hydrogens is 248 g/mol. The Labute approximate surface area is 119 Å². The molecule has 1 aromatic carbocycles. The fraction of sp³-hybridized carbons (Fsp3) is 0.438. The van der Waals surface area contributed by atoms with E-state index < -0.39 is 0 Å². The van der Waals surface area contributed by atoms with Gasteiger partial charge in [-0.25, -0.2) is 0 Å². The van der Waals surface area contributed by atoms with Gasteiger partial charge in [0.05, 0.1) is 0 Å². The third-order valence-corrected chi connectivity index (χ3v) is 3.73. The number of aromatic nitrogens is 1. The van der Waals surface area contributed by atoms with Crippen LogP contribution in [0, 0.1) is 0 Å². The third kappa shape index (κ3) is 3.13. The smallest absolute Gasteiger partial charge is 0.191 e. The van der Waals surface area contributed by atoms with Crippen molar-refractivity contribution in [3.63, 3.8) is 0 Å². The summed E-state index contributed by atoms with van der Waals surface area (Å²) < 4.78 is 0. The van der Waals surface area contributed by atoms with Crippen molar-refractivity contribution in [3.8, 4) is 0 Å². The summed E-state index contributed by atoms with van der Waals surface area (Å²) in [5.41, 5.74) is 2.62. The molecule has 0 atom stereocenters. The van der Waals surface area contributed by atoms with Crippen LogP contribution in [-0.4, -0.2) is 30.6 Å². The zero-order valence-electron chi connectivity index (χ0n) is 11.9. The molecule has 1 aliphatic rings. The first-order valence-electron chi connectivity index (χ1n) is 7.39. The highest BCUT2D eigenvalue weighted by molar-refractivity contribution is 5.83. The Morgan fingerprint density at radius 1 is 1.35 bits per heavy atom. The van der Waals surface area contributed by atoms with E-state index in [4.69, 9.17) is 0 Å². The lowest BCUT2D eigenvalue weighted by Crippen LogP contribution is -2.39. The van der Waals surface area contributed by atoms with Gasteiger partial charge in [-0.1, -0.05) is 18.2 Å². The Bertz CT molecular complexity index is 595. The van der Waals surface area contributed by atoms with E-state index in [9.17, 15) is 0 Å². The van der Waals surface area contributed by atoms with Crippen molar-refractivity contribution in [1.29, 1.82) is 0 Å². The van der Waals surface area contributed by atoms with Crippen LogP contribution in [0.15, 0.2) is 35.5 Å². The van der Waals surface area contributed by atoms with Crippen LogP contribution in [-0.2, 0) is 6.42 Å². The van der Waals surface area contributed by atoms with Gasteiger partial charge in [0.15, 0.2) is 5.96 Å². The predicted octanol–water partition coefficient (Wildman–Crippen LogP) is 2.43. The number of hydrogen-bond donors (Lipinski definition) is 3. The first kappa shape index (κ1) is 13.0. The Hall–Kier alpha value is -1.97. The SMILES string of the molecule is CN=C(NCCCc1c[nH]c2ccccc12)NC1CC1. The first-order valence-corrected chi connectivity index (χ1v) is 7.39. The molecule has 0 saturated heterocycles. The number of fused-ring (bicyclic) bond motifs is 1. The number of aromatic amines is 1. The molecule has 2 aromatic rings. The first-order chi connectivity index (χ1) is 9.86. The second-order valence-corrected chi connectivity index (χ2v) is 5.38. The lowest BCUT2D eigenvalue weighted by Gasteiger charge is -2.10. The Balaban J connectivity index is 1.47. The van der Waals surface area contributed by atoms with Crippen LogP contribution in [0.5, 0.6) is 0 Å². The second-order valence-electron chi connectivity index (χ2n) is 5.38. The van der Waals surface area contributed by atoms with Crippen LogP contribution in [0.25, 0.3) is 10.9 Å². The molecule has 106 valence electrons. The van der Waals surface area contributed by atoms with E-state index in [1.165, 1.54) is 29.3 Å². The van der Waals surface area contributed by atoms with Crippen LogP contribution < -0.4 is 10.6 Å². The molecule has 20 heavy (non-hydrogen) atoms. The van der Waals surface area contributed by atoms with Gasteiger partial charge >= 0.3 is 0 Å². The maximum Gasteiger partial charge on any atom is 0.191 e. The predicted molar refractivity (Wildman–Crippen MR) is 84.1 cm³/mol. The molecular formula is C16H22N4. The fourth-order valence-electron chi connectivity index (χ4n) is 2.44. The Morgan fingerprint density at radius 3 is 3.00 bits per heavy atom. The number of rotatable bonds is 5. The third-order valence-electron chi connectivity index (χ3n) is 3.73. The molecule has 4 nitrogen and oxygen atoms in total. The molecule has 1 saturated carbocycles. The highest BCUT2D eigenvalue weighted by Gasteiger charge is 2.21. The van der Waals surface area contributed by atoms with Gasteiger partial charge in [-0.05, 0) is 37.3 Å². The van der Waals surface area contributed by atoms with E-state index in [-0.39, 0.29) is 0 Å². The highest BCUT2D eigenvalue weighted by atomic mass is 15.2. The molecule has 3 N–H and O–H groups in total. The normalized spacial score (nSPS) is 15.6. The van der Waals surface area contributed by atoms with Crippen LogP contribution in [0.4, 0.5) is 0 Å². The zero-order chi connectivity index (χ0) is 13.8. The highest BCUT2D eigenvalue weighted by Crippen LogP contribution is 2.19. The summed E-state index contributed by atoms with van der Waals surface area (Å²) in [5, 5.41) is 8.12. The monoisotopic (exact) mass is 270 g/mol. The molecule has 1 heterocycles. The van der Waals surface area contributed by atoms with E-state index in [1.807, 2.05) is 7.05 Å². The molecule has 0 bridgehead atoms. The number of H-pyrrole nitrogens is 1. The van der Waals surface area contributed by atoms with Crippen LogP contribution in [0.1, 0.15) is 24.8 Å². The Kier molecular flexibility index (Phi) is 3.90. The largest absolute Gasteiger partial charge is 0.361 e. The average molecular weight is 270 g/mol. The van der Waals surface area contributed by atoms with Gasteiger partial charge in [0, 0.05) is 36.7 Å². The number of nitrogens with zero attached hydrogens (tertiary/aromatic N) is 1. The minimum Gasteiger partial charge on any atom is -0.361 e. The topological polar surface area (TPSA) is 52.2 Å². The lowest BCUT2D eigenvalue weighted by atomic mass is 10.1. The number of benzene rings is 1. The van der Waals surface area contributed by atoms with Gasteiger partial charge in [-0.15, -0.1) is 0 Å². The molecule has 1 aliphatic carbocycles. The van der Waals surface area contributed by atoms with E-state index in [2.05, 4.69) is 51.1 Å². The molecule has 0 amide bonds. The van der Waals surface area contributed by atoms with E-state index in [0.29, 0.717) is 6.04 Å². The van der Waals surface area contributed by atoms with Gasteiger partial charge in [0.1, 0.15) is 0 Å². The molecule has 0 spiro atoms. The van der Waals surface area contributed by atoms with Crippen molar-refractivity contribution in [2.24, 2.45) is 4.99 Å². The molecule has 0 aliphatic heterocycles. The van der Waals surface area contributed by atoms with Crippen molar-refractivity contribution in [3.05, 3.63) is 36.0 Å². The maximum atomic E-state index is 4.24. The van der Waals surface area contributed by atoms with E-state index in [1.54, 1.807) is 0 Å². The summed E-state index contributed by atoms with van der Waals surface area (Å²) in [5.74, 6) is 0.937. The molecule has 0 unspecified atom stereocenters. The molecule has 4 heteroatoms. The number of para-hydroxylation sites is 1. The fourth-order valence-corrected chi connectivity index (χ4v) is 2.44. The second kappa shape index (κ2) is 5.99. The summed E-state index contributed by atoms with van der Waals surface area (Å²) >= 11 is 0. The zero-order valence-corrected chi connectivity index (χ0v) is 11.9. The van der Waals surface area contributed by atoms with Gasteiger partial charge < -0.3 is 15.6 Å². The standard InChI is InChI=1S/C16H22N4/c1-17-16(20-13-8-9-13)18-10-4-5-12-11-19-15-7-3-2-6-14(12)15/h2-3,6-7,11,13,19H,4-5,8-10H2,1H3,(H2,17,18,20). The van der Waals surface area contributed by atoms with Crippen molar-refractivity contribution in [1.82, 2.24) is 15.6 Å². The number of nitrogens with one attached hydrogen (secondary N) is 3. The number of hydrogen-bond acceptors (Lipinski definition) is 1. The van der Waals surface area contributed by atoms with Crippen molar-refractivity contribution < 1.29 is 0 Å². The summed E-state index contributed by atoms with van der Waals surface area (Å²) in [6, 6.07) is 9.12. The quantitative estimate of drug-likeness (QED) is 0.444. The summed E-state index contributed by atoms with van der Waals surface area (Å²) in [7, 11) is 1.83. The minimum atomic E-state index is 0.648. The average Bonchev–Trinajstić information content (AvgIpc) is 3.21. The molecule has 1 aromatic heterocycles. The summed E-state index contributed by atoms with van der Waals surface area (Å²) in [4.78, 5) is 7.57. The molecule has 1 fully saturated rings. The van der Waals surface area contributed by atoms with Crippen molar-refractivity contribution >= 4 is 16.9 Å². The van der Waals surface area contributed by atoms with Crippen LogP contribution in [0.3, 0.4) is 0 Å². The minimum absolute atomic E-state index is 0.648. The van der Waals surface area contributed by atoms with Crippen molar-refractivity contribution in [2.75, 3.05) is 13.6 Å². The molecule has 3 rings (SSSR count). The maximum absolute atomic E-state index is 4.24. The van der Waals surface area contributed by atoms with Crippen molar-refractivity contribution in [2.45, 2.75) is 31.7 Å².